The topological polar surface area (TPSA) is 53.7 Å². The van der Waals surface area contributed by atoms with Gasteiger partial charge in [-0.1, -0.05) is 6.07 Å². The van der Waals surface area contributed by atoms with Crippen LogP contribution >= 0.6 is 0 Å². The molecule has 0 heterocycles. The Bertz CT molecular complexity index is 358. The lowest BCUT2D eigenvalue weighted by molar-refractivity contribution is 0.0538. The molecule has 0 fully saturated rings. The second-order valence-corrected chi connectivity index (χ2v) is 3.93. The fourth-order valence-corrected chi connectivity index (χ4v) is 1.37. The van der Waals surface area contributed by atoms with E-state index in [4.69, 9.17) is 19.9 Å². The molecule has 5 heteroatoms. The third-order valence-corrected chi connectivity index (χ3v) is 2.40. The largest absolute Gasteiger partial charge is 0.488 e. The van der Waals surface area contributed by atoms with Crippen LogP contribution in [0.15, 0.2) is 18.2 Å². The van der Waals surface area contributed by atoms with Gasteiger partial charge in [-0.05, 0) is 24.6 Å². The van der Waals surface area contributed by atoms with Gasteiger partial charge in [-0.15, -0.1) is 0 Å². The van der Waals surface area contributed by atoms with Crippen molar-refractivity contribution in [1.29, 1.82) is 0 Å². The van der Waals surface area contributed by atoms with Gasteiger partial charge in [0.15, 0.2) is 11.6 Å². The van der Waals surface area contributed by atoms with Crippen molar-refractivity contribution in [3.8, 4) is 5.75 Å². The number of benzene rings is 1. The fourth-order valence-electron chi connectivity index (χ4n) is 1.37. The molecule has 0 radical (unpaired) electrons. The van der Waals surface area contributed by atoms with E-state index < -0.39 is 5.82 Å². The highest BCUT2D eigenvalue weighted by molar-refractivity contribution is 5.30. The van der Waals surface area contributed by atoms with E-state index in [1.165, 1.54) is 6.07 Å². The average molecular weight is 257 g/mol. The first-order valence-electron chi connectivity index (χ1n) is 5.89. The van der Waals surface area contributed by atoms with Gasteiger partial charge in [0.1, 0.15) is 6.61 Å². The van der Waals surface area contributed by atoms with Gasteiger partial charge >= 0.3 is 0 Å². The third kappa shape index (κ3) is 5.00. The summed E-state index contributed by atoms with van der Waals surface area (Å²) in [6.45, 7) is 3.55. The summed E-state index contributed by atoms with van der Waals surface area (Å²) in [5.74, 6) is -0.184. The molecular weight excluding hydrogens is 237 g/mol. The minimum Gasteiger partial charge on any atom is -0.488 e. The zero-order chi connectivity index (χ0) is 13.4. The summed E-state index contributed by atoms with van der Waals surface area (Å²) in [5, 5.41) is 0. The highest BCUT2D eigenvalue weighted by atomic mass is 19.1. The number of hydrogen-bond acceptors (Lipinski definition) is 4. The smallest absolute Gasteiger partial charge is 0.165 e. The van der Waals surface area contributed by atoms with Crippen molar-refractivity contribution in [3.63, 3.8) is 0 Å². The number of nitrogens with two attached hydrogens (primary N) is 1. The van der Waals surface area contributed by atoms with Crippen LogP contribution in [0, 0.1) is 5.82 Å². The van der Waals surface area contributed by atoms with Gasteiger partial charge in [-0.25, -0.2) is 4.39 Å². The summed E-state index contributed by atoms with van der Waals surface area (Å²) < 4.78 is 28.9. The summed E-state index contributed by atoms with van der Waals surface area (Å²) in [6.07, 6.45) is 0. The van der Waals surface area contributed by atoms with Gasteiger partial charge in [-0.3, -0.25) is 0 Å². The van der Waals surface area contributed by atoms with Crippen LogP contribution < -0.4 is 10.5 Å². The quantitative estimate of drug-likeness (QED) is 0.722. The molecule has 0 bridgehead atoms. The molecule has 0 saturated carbocycles. The predicted octanol–water partition coefficient (Wildman–Crippen LogP) is 1.89. The normalized spacial score (nSPS) is 12.4. The SMILES string of the molecule is COCCOCCOc1ccc([C@@H](C)N)cc1F. The lowest BCUT2D eigenvalue weighted by Crippen LogP contribution is -2.11. The maximum atomic E-state index is 13.6. The van der Waals surface area contributed by atoms with E-state index in [0.717, 1.165) is 5.56 Å². The maximum Gasteiger partial charge on any atom is 0.165 e. The minimum absolute atomic E-state index is 0.189. The first-order valence-corrected chi connectivity index (χ1v) is 5.89. The molecule has 4 nitrogen and oxygen atoms in total. The Labute approximate surface area is 107 Å². The number of halogens is 1. The molecule has 0 aliphatic heterocycles. The minimum atomic E-state index is -0.401. The average Bonchev–Trinajstić information content (AvgIpc) is 2.35. The van der Waals surface area contributed by atoms with E-state index in [2.05, 4.69) is 0 Å². The third-order valence-electron chi connectivity index (χ3n) is 2.40. The van der Waals surface area contributed by atoms with Crippen LogP contribution in [0.4, 0.5) is 4.39 Å². The highest BCUT2D eigenvalue weighted by Crippen LogP contribution is 2.20. The van der Waals surface area contributed by atoms with Gasteiger partial charge in [0.25, 0.3) is 0 Å². The van der Waals surface area contributed by atoms with Crippen LogP contribution in [0.25, 0.3) is 0 Å². The second-order valence-electron chi connectivity index (χ2n) is 3.93. The van der Waals surface area contributed by atoms with E-state index in [1.54, 1.807) is 26.2 Å². The van der Waals surface area contributed by atoms with Crippen LogP contribution in [-0.4, -0.2) is 33.5 Å². The van der Waals surface area contributed by atoms with E-state index in [9.17, 15) is 4.39 Å². The van der Waals surface area contributed by atoms with Crippen LogP contribution in [0.1, 0.15) is 18.5 Å². The molecule has 0 aliphatic carbocycles. The van der Waals surface area contributed by atoms with Gasteiger partial charge < -0.3 is 19.9 Å². The van der Waals surface area contributed by atoms with Crippen molar-refractivity contribution in [2.75, 3.05) is 33.5 Å². The van der Waals surface area contributed by atoms with Gasteiger partial charge in [-0.2, -0.15) is 0 Å². The van der Waals surface area contributed by atoms with Crippen LogP contribution in [-0.2, 0) is 9.47 Å². The molecule has 0 unspecified atom stereocenters. The van der Waals surface area contributed by atoms with Crippen molar-refractivity contribution in [2.24, 2.45) is 5.73 Å². The van der Waals surface area contributed by atoms with Crippen LogP contribution in [0.3, 0.4) is 0 Å². The second kappa shape index (κ2) is 8.02. The van der Waals surface area contributed by atoms with E-state index in [1.807, 2.05) is 0 Å². The Morgan fingerprint density at radius 1 is 1.22 bits per heavy atom. The molecule has 18 heavy (non-hydrogen) atoms. The summed E-state index contributed by atoms with van der Waals surface area (Å²) in [6, 6.07) is 4.55. The lowest BCUT2D eigenvalue weighted by Gasteiger charge is -2.10. The predicted molar refractivity (Wildman–Crippen MR) is 67.2 cm³/mol. The number of rotatable bonds is 8. The highest BCUT2D eigenvalue weighted by Gasteiger charge is 2.07. The molecule has 0 aromatic heterocycles. The first-order chi connectivity index (χ1) is 8.65. The Hall–Kier alpha value is -1.17. The fraction of sp³-hybridized carbons (Fsp3) is 0.538. The van der Waals surface area contributed by atoms with E-state index in [-0.39, 0.29) is 11.8 Å². The van der Waals surface area contributed by atoms with Crippen molar-refractivity contribution in [3.05, 3.63) is 29.6 Å². The number of methoxy groups -OCH3 is 1. The van der Waals surface area contributed by atoms with E-state index in [0.29, 0.717) is 26.4 Å². The molecular formula is C13H20FNO3. The van der Waals surface area contributed by atoms with Crippen LogP contribution in [0.5, 0.6) is 5.75 Å². The summed E-state index contributed by atoms with van der Waals surface area (Å²) >= 11 is 0. The maximum absolute atomic E-state index is 13.6. The Morgan fingerprint density at radius 2 is 1.94 bits per heavy atom. The summed E-state index contributed by atoms with van der Waals surface area (Å²) in [5.41, 5.74) is 6.41. The molecule has 0 saturated heterocycles. The molecule has 2 N–H and O–H groups in total. The first kappa shape index (κ1) is 14.9. The molecule has 1 rings (SSSR count). The number of hydrogen-bond donors (Lipinski definition) is 1. The zero-order valence-electron chi connectivity index (χ0n) is 10.8. The van der Waals surface area contributed by atoms with Crippen LogP contribution in [0.2, 0.25) is 0 Å². The Morgan fingerprint density at radius 3 is 2.56 bits per heavy atom. The van der Waals surface area contributed by atoms with Gasteiger partial charge in [0.05, 0.1) is 19.8 Å². The van der Waals surface area contributed by atoms with Gasteiger partial charge in [0, 0.05) is 13.2 Å². The van der Waals surface area contributed by atoms with Crippen molar-refractivity contribution < 1.29 is 18.6 Å². The van der Waals surface area contributed by atoms with Gasteiger partial charge in [0.2, 0.25) is 0 Å². The van der Waals surface area contributed by atoms with Crippen molar-refractivity contribution in [2.45, 2.75) is 13.0 Å². The molecule has 1 aromatic rings. The molecule has 0 spiro atoms. The lowest BCUT2D eigenvalue weighted by atomic mass is 10.1. The summed E-state index contributed by atoms with van der Waals surface area (Å²) in [7, 11) is 1.61. The number of ether oxygens (including phenoxy) is 3. The molecule has 0 amide bonds. The Kier molecular flexibility index (Phi) is 6.64. The zero-order valence-corrected chi connectivity index (χ0v) is 10.8. The monoisotopic (exact) mass is 257 g/mol. The van der Waals surface area contributed by atoms with Crippen molar-refractivity contribution >= 4 is 0 Å². The molecule has 1 atom stereocenters. The molecule has 102 valence electrons. The van der Waals surface area contributed by atoms with E-state index >= 15 is 0 Å². The van der Waals surface area contributed by atoms with Crippen molar-refractivity contribution in [1.82, 2.24) is 0 Å². The summed E-state index contributed by atoms with van der Waals surface area (Å²) in [4.78, 5) is 0. The molecule has 1 aromatic carbocycles. The molecule has 0 aliphatic rings. The Balaban J connectivity index is 2.34. The standard InChI is InChI=1S/C13H20FNO3/c1-10(15)11-3-4-13(12(14)9-11)18-8-7-17-6-5-16-2/h3-4,9-10H,5-8,15H2,1-2H3/t10-/m1/s1.